The van der Waals surface area contributed by atoms with E-state index in [1.54, 1.807) is 0 Å². The molecule has 0 saturated heterocycles. The zero-order valence-electron chi connectivity index (χ0n) is 12.1. The molecule has 0 aromatic carbocycles. The van der Waals surface area contributed by atoms with Crippen molar-refractivity contribution >= 4 is 5.97 Å². The maximum absolute atomic E-state index is 9.59. The molecule has 0 heterocycles. The first kappa shape index (κ1) is 16.2. The zero-order valence-corrected chi connectivity index (χ0v) is 12.1. The largest absolute Gasteiger partial charge is 0.469 e. The van der Waals surface area contributed by atoms with E-state index < -0.39 is 0 Å². The Morgan fingerprint density at radius 3 is 2.18 bits per heavy atom. The third-order valence-electron chi connectivity index (χ3n) is 3.81. The van der Waals surface area contributed by atoms with Crippen molar-refractivity contribution in [2.45, 2.75) is 53.4 Å². The Bertz CT molecular complexity index is 245. The Labute approximate surface area is 106 Å². The van der Waals surface area contributed by atoms with Gasteiger partial charge in [0, 0.05) is 6.92 Å². The summed E-state index contributed by atoms with van der Waals surface area (Å²) in [6.07, 6.45) is 5.56. The van der Waals surface area contributed by atoms with Crippen molar-refractivity contribution in [1.29, 1.82) is 0 Å². The SMILES string of the molecule is C=C(C)C1CCCC(C)C1CC.COC(C)=O. The van der Waals surface area contributed by atoms with Crippen LogP contribution in [0, 0.1) is 17.8 Å². The molecule has 0 aliphatic heterocycles. The number of esters is 1. The fourth-order valence-corrected chi connectivity index (χ4v) is 2.78. The lowest BCUT2D eigenvalue weighted by Crippen LogP contribution is -2.26. The Morgan fingerprint density at radius 2 is 1.88 bits per heavy atom. The lowest BCUT2D eigenvalue weighted by Gasteiger charge is -2.36. The Morgan fingerprint density at radius 1 is 1.35 bits per heavy atom. The van der Waals surface area contributed by atoms with Crippen LogP contribution in [0.3, 0.4) is 0 Å². The molecule has 3 unspecified atom stereocenters. The van der Waals surface area contributed by atoms with Crippen LogP contribution in [0.2, 0.25) is 0 Å². The van der Waals surface area contributed by atoms with Crippen LogP contribution in [-0.4, -0.2) is 13.1 Å². The second kappa shape index (κ2) is 8.32. The van der Waals surface area contributed by atoms with Crippen molar-refractivity contribution < 1.29 is 9.53 Å². The Balaban J connectivity index is 0.000000437. The smallest absolute Gasteiger partial charge is 0.302 e. The van der Waals surface area contributed by atoms with Crippen LogP contribution >= 0.6 is 0 Å². The van der Waals surface area contributed by atoms with Crippen molar-refractivity contribution in [2.75, 3.05) is 7.11 Å². The molecule has 0 N–H and O–H groups in total. The molecular formula is C15H28O2. The predicted octanol–water partition coefficient (Wildman–Crippen LogP) is 4.20. The van der Waals surface area contributed by atoms with Gasteiger partial charge in [0.05, 0.1) is 7.11 Å². The van der Waals surface area contributed by atoms with Gasteiger partial charge in [0.25, 0.3) is 0 Å². The van der Waals surface area contributed by atoms with Gasteiger partial charge in [-0.3, -0.25) is 4.79 Å². The van der Waals surface area contributed by atoms with Gasteiger partial charge in [-0.25, -0.2) is 0 Å². The van der Waals surface area contributed by atoms with E-state index in [9.17, 15) is 4.79 Å². The topological polar surface area (TPSA) is 26.3 Å². The quantitative estimate of drug-likeness (QED) is 0.534. The van der Waals surface area contributed by atoms with Gasteiger partial charge in [0.1, 0.15) is 0 Å². The number of ether oxygens (including phenoxy) is 1. The first-order valence-corrected chi connectivity index (χ1v) is 6.63. The minimum Gasteiger partial charge on any atom is -0.469 e. The summed E-state index contributed by atoms with van der Waals surface area (Å²) in [5, 5.41) is 0. The lowest BCUT2D eigenvalue weighted by molar-refractivity contribution is -0.137. The third kappa shape index (κ3) is 5.90. The number of allylic oxidation sites excluding steroid dienone is 1. The molecule has 1 saturated carbocycles. The molecule has 0 aromatic heterocycles. The Hall–Kier alpha value is -0.790. The summed E-state index contributed by atoms with van der Waals surface area (Å²) < 4.78 is 4.11. The molecule has 0 aromatic rings. The highest BCUT2D eigenvalue weighted by molar-refractivity contribution is 5.65. The molecule has 1 fully saturated rings. The molecule has 2 nitrogen and oxygen atoms in total. The number of hydrogen-bond acceptors (Lipinski definition) is 2. The van der Waals surface area contributed by atoms with Crippen molar-refractivity contribution in [1.82, 2.24) is 0 Å². The predicted molar refractivity (Wildman–Crippen MR) is 72.8 cm³/mol. The van der Waals surface area contributed by atoms with Gasteiger partial charge in [0.2, 0.25) is 0 Å². The van der Waals surface area contributed by atoms with Gasteiger partial charge in [-0.15, -0.1) is 0 Å². The number of methoxy groups -OCH3 is 1. The Kier molecular flexibility index (Phi) is 7.94. The van der Waals surface area contributed by atoms with Gasteiger partial charge in [0.15, 0.2) is 0 Å². The van der Waals surface area contributed by atoms with Crippen LogP contribution in [0.1, 0.15) is 53.4 Å². The van der Waals surface area contributed by atoms with E-state index in [0.29, 0.717) is 0 Å². The molecule has 1 aliphatic rings. The zero-order chi connectivity index (χ0) is 13.4. The van der Waals surface area contributed by atoms with E-state index in [1.807, 2.05) is 0 Å². The van der Waals surface area contributed by atoms with Gasteiger partial charge >= 0.3 is 5.97 Å². The molecule has 2 heteroatoms. The maximum atomic E-state index is 9.59. The summed E-state index contributed by atoms with van der Waals surface area (Å²) >= 11 is 0. The van der Waals surface area contributed by atoms with Crippen LogP contribution in [-0.2, 0) is 9.53 Å². The maximum Gasteiger partial charge on any atom is 0.302 e. The fourth-order valence-electron chi connectivity index (χ4n) is 2.78. The molecular weight excluding hydrogens is 212 g/mol. The number of rotatable bonds is 2. The summed E-state index contributed by atoms with van der Waals surface area (Å²) in [6.45, 7) is 12.4. The molecule has 0 spiro atoms. The monoisotopic (exact) mass is 240 g/mol. The average molecular weight is 240 g/mol. The highest BCUT2D eigenvalue weighted by Crippen LogP contribution is 2.39. The average Bonchev–Trinajstić information content (AvgIpc) is 2.29. The number of hydrogen-bond donors (Lipinski definition) is 0. The van der Waals surface area contributed by atoms with Crippen molar-refractivity contribution in [3.8, 4) is 0 Å². The third-order valence-corrected chi connectivity index (χ3v) is 3.81. The van der Waals surface area contributed by atoms with Gasteiger partial charge in [-0.2, -0.15) is 0 Å². The second-order valence-corrected chi connectivity index (χ2v) is 5.13. The van der Waals surface area contributed by atoms with Gasteiger partial charge < -0.3 is 4.74 Å². The molecule has 1 aliphatic carbocycles. The number of carbonyl (C=O) groups is 1. The molecule has 100 valence electrons. The van der Waals surface area contributed by atoms with Crippen molar-refractivity contribution in [3.63, 3.8) is 0 Å². The molecule has 0 amide bonds. The highest BCUT2D eigenvalue weighted by Gasteiger charge is 2.29. The fraction of sp³-hybridized carbons (Fsp3) is 0.800. The van der Waals surface area contributed by atoms with Crippen LogP contribution in [0.5, 0.6) is 0 Å². The summed E-state index contributed by atoms with van der Waals surface area (Å²) in [7, 11) is 1.35. The minimum atomic E-state index is -0.245. The second-order valence-electron chi connectivity index (χ2n) is 5.13. The lowest BCUT2D eigenvalue weighted by atomic mass is 9.69. The normalized spacial score (nSPS) is 27.7. The highest BCUT2D eigenvalue weighted by atomic mass is 16.5. The van der Waals surface area contributed by atoms with E-state index in [0.717, 1.165) is 17.8 Å². The van der Waals surface area contributed by atoms with E-state index >= 15 is 0 Å². The van der Waals surface area contributed by atoms with E-state index in [1.165, 1.54) is 45.3 Å². The summed E-state index contributed by atoms with van der Waals surface area (Å²) in [5.74, 6) is 2.41. The standard InChI is InChI=1S/C12H22.C3H6O2/c1-5-11-10(4)7-6-8-12(11)9(2)3;1-3(4)5-2/h10-12H,2,5-8H2,1,3-4H3;1-2H3. The van der Waals surface area contributed by atoms with Crippen LogP contribution in [0.15, 0.2) is 12.2 Å². The van der Waals surface area contributed by atoms with Crippen LogP contribution in [0.4, 0.5) is 0 Å². The molecule has 3 atom stereocenters. The van der Waals surface area contributed by atoms with Crippen LogP contribution < -0.4 is 0 Å². The van der Waals surface area contributed by atoms with E-state index in [-0.39, 0.29) is 5.97 Å². The van der Waals surface area contributed by atoms with Gasteiger partial charge in [-0.05, 0) is 31.1 Å². The van der Waals surface area contributed by atoms with Gasteiger partial charge in [-0.1, -0.05) is 45.3 Å². The first-order valence-electron chi connectivity index (χ1n) is 6.63. The van der Waals surface area contributed by atoms with Crippen molar-refractivity contribution in [3.05, 3.63) is 12.2 Å². The summed E-state index contributed by atoms with van der Waals surface area (Å²) in [6, 6.07) is 0. The van der Waals surface area contributed by atoms with E-state index in [2.05, 4.69) is 32.1 Å². The van der Waals surface area contributed by atoms with E-state index in [4.69, 9.17) is 0 Å². The first-order chi connectivity index (χ1) is 7.93. The summed E-state index contributed by atoms with van der Waals surface area (Å²) in [4.78, 5) is 9.59. The molecule has 1 rings (SSSR count). The molecule has 0 bridgehead atoms. The summed E-state index contributed by atoms with van der Waals surface area (Å²) in [5.41, 5.74) is 1.41. The minimum absolute atomic E-state index is 0.245. The van der Waals surface area contributed by atoms with Crippen molar-refractivity contribution in [2.24, 2.45) is 17.8 Å². The molecule has 17 heavy (non-hydrogen) atoms. The van der Waals surface area contributed by atoms with Crippen LogP contribution in [0.25, 0.3) is 0 Å². The molecule has 0 radical (unpaired) electrons. The number of carbonyl (C=O) groups excluding carboxylic acids is 1.